The molecule has 0 aliphatic rings. The summed E-state index contributed by atoms with van der Waals surface area (Å²) < 4.78 is 0. The minimum absolute atomic E-state index is 0.641. The van der Waals surface area contributed by atoms with Crippen LogP contribution >= 0.6 is 0 Å². The molecule has 0 aliphatic carbocycles. The SMILES string of the molecule is C=C(CCC)CCCCCc1cccc(C)c1.C=CCCCCCCc1cccc(C(C)C)c1.CC.CCCC. The summed E-state index contributed by atoms with van der Waals surface area (Å²) in [5.74, 6) is 0.641. The van der Waals surface area contributed by atoms with Gasteiger partial charge in [0.1, 0.15) is 0 Å². The zero-order chi connectivity index (χ0) is 30.4. The average molecular weight is 549 g/mol. The minimum atomic E-state index is 0.641. The summed E-state index contributed by atoms with van der Waals surface area (Å²) in [6, 6.07) is 17.9. The molecule has 2 rings (SSSR count). The maximum absolute atomic E-state index is 4.11. The first-order valence-electron chi connectivity index (χ1n) is 16.8. The van der Waals surface area contributed by atoms with E-state index in [1.807, 2.05) is 19.9 Å². The maximum atomic E-state index is 4.11. The fraction of sp³-hybridized carbons (Fsp3) is 0.600. The lowest BCUT2D eigenvalue weighted by Gasteiger charge is -2.08. The monoisotopic (exact) mass is 549 g/mol. The molecule has 0 amide bonds. The van der Waals surface area contributed by atoms with Crippen molar-refractivity contribution >= 4 is 0 Å². The molecule has 0 unspecified atom stereocenters. The summed E-state index contributed by atoms with van der Waals surface area (Å²) in [4.78, 5) is 0. The molecule has 0 saturated carbocycles. The number of benzene rings is 2. The largest absolute Gasteiger partial charge is 0.103 e. The fourth-order valence-electron chi connectivity index (χ4n) is 4.31. The van der Waals surface area contributed by atoms with Crippen molar-refractivity contribution in [3.8, 4) is 0 Å². The van der Waals surface area contributed by atoms with Gasteiger partial charge in [-0.1, -0.05) is 159 Å². The van der Waals surface area contributed by atoms with E-state index in [2.05, 4.69) is 103 Å². The molecule has 2 aromatic rings. The lowest BCUT2D eigenvalue weighted by molar-refractivity contribution is 0.646. The predicted molar refractivity (Wildman–Crippen MR) is 187 cm³/mol. The average Bonchev–Trinajstić information content (AvgIpc) is 2.96. The van der Waals surface area contributed by atoms with Crippen molar-refractivity contribution in [1.82, 2.24) is 0 Å². The smallest absolute Gasteiger partial charge is 0.0219 e. The number of aryl methyl sites for hydroxylation is 3. The Bertz CT molecular complexity index is 823. The van der Waals surface area contributed by atoms with Crippen molar-refractivity contribution in [2.45, 2.75) is 158 Å². The van der Waals surface area contributed by atoms with Crippen LogP contribution in [0.25, 0.3) is 0 Å². The highest BCUT2D eigenvalue weighted by molar-refractivity contribution is 5.25. The summed E-state index contributed by atoms with van der Waals surface area (Å²) in [6.07, 6.45) is 21.2. The molecular formula is C40H68. The first kappa shape index (κ1) is 40.1. The molecule has 0 aromatic heterocycles. The van der Waals surface area contributed by atoms with E-state index in [9.17, 15) is 0 Å². The van der Waals surface area contributed by atoms with Crippen molar-refractivity contribution in [2.24, 2.45) is 0 Å². The number of hydrogen-bond donors (Lipinski definition) is 0. The first-order chi connectivity index (χ1) is 19.4. The molecule has 228 valence electrons. The molecule has 0 saturated heterocycles. The molecule has 0 N–H and O–H groups in total. The summed E-state index contributed by atoms with van der Waals surface area (Å²) in [7, 11) is 0. The van der Waals surface area contributed by atoms with Crippen molar-refractivity contribution < 1.29 is 0 Å². The van der Waals surface area contributed by atoms with Crippen molar-refractivity contribution in [1.29, 1.82) is 0 Å². The molecule has 0 heteroatoms. The highest BCUT2D eigenvalue weighted by Crippen LogP contribution is 2.17. The summed E-state index contributed by atoms with van der Waals surface area (Å²) in [5.41, 5.74) is 7.26. The zero-order valence-corrected chi connectivity index (χ0v) is 28.3. The van der Waals surface area contributed by atoms with E-state index in [0.717, 1.165) is 0 Å². The van der Waals surface area contributed by atoms with Gasteiger partial charge in [0.25, 0.3) is 0 Å². The molecule has 0 bridgehead atoms. The third-order valence-electron chi connectivity index (χ3n) is 6.92. The van der Waals surface area contributed by atoms with Gasteiger partial charge >= 0.3 is 0 Å². The van der Waals surface area contributed by atoms with Crippen LogP contribution in [0.4, 0.5) is 0 Å². The Balaban J connectivity index is 0. The number of rotatable bonds is 17. The second-order valence-electron chi connectivity index (χ2n) is 11.2. The highest BCUT2D eigenvalue weighted by Gasteiger charge is 2.00. The Morgan fingerprint density at radius 3 is 1.77 bits per heavy atom. The van der Waals surface area contributed by atoms with Gasteiger partial charge in [0.15, 0.2) is 0 Å². The molecule has 0 spiro atoms. The highest BCUT2D eigenvalue weighted by atomic mass is 14.1. The maximum Gasteiger partial charge on any atom is -0.0219 e. The quantitative estimate of drug-likeness (QED) is 0.136. The Hall–Kier alpha value is -2.08. The Kier molecular flexibility index (Phi) is 29.9. The molecule has 0 aliphatic heterocycles. The molecule has 0 heterocycles. The van der Waals surface area contributed by atoms with Gasteiger partial charge < -0.3 is 0 Å². The van der Waals surface area contributed by atoms with Gasteiger partial charge in [0.2, 0.25) is 0 Å². The third kappa shape index (κ3) is 24.9. The lowest BCUT2D eigenvalue weighted by atomic mass is 9.98. The van der Waals surface area contributed by atoms with Gasteiger partial charge in [-0.15, -0.1) is 6.58 Å². The molecule has 40 heavy (non-hydrogen) atoms. The molecule has 0 atom stereocenters. The van der Waals surface area contributed by atoms with Crippen LogP contribution in [0.5, 0.6) is 0 Å². The Morgan fingerprint density at radius 1 is 0.700 bits per heavy atom. The summed E-state index contributed by atoms with van der Waals surface area (Å²) >= 11 is 0. The van der Waals surface area contributed by atoms with Crippen LogP contribution in [0, 0.1) is 6.92 Å². The van der Waals surface area contributed by atoms with Crippen LogP contribution in [-0.2, 0) is 12.8 Å². The third-order valence-corrected chi connectivity index (χ3v) is 6.92. The molecule has 0 nitrogen and oxygen atoms in total. The van der Waals surface area contributed by atoms with Gasteiger partial charge in [-0.05, 0) is 87.3 Å². The fourth-order valence-corrected chi connectivity index (χ4v) is 4.31. The summed E-state index contributed by atoms with van der Waals surface area (Å²) in [5, 5.41) is 0. The lowest BCUT2D eigenvalue weighted by Crippen LogP contribution is -1.91. The van der Waals surface area contributed by atoms with Gasteiger partial charge in [-0.25, -0.2) is 0 Å². The normalized spacial score (nSPS) is 9.93. The van der Waals surface area contributed by atoms with Crippen LogP contribution in [0.2, 0.25) is 0 Å². The van der Waals surface area contributed by atoms with Gasteiger partial charge in [0, 0.05) is 0 Å². The molecular weight excluding hydrogens is 480 g/mol. The standard InChI is InChI=1S/2C17H26.C4H10.C2H6/c1-4-9-15(2)10-6-5-7-12-17-13-8-11-16(3)14-17;1-4-5-6-7-8-9-11-16-12-10-13-17(14-16)15(2)3;1-3-4-2;1-2/h8,11,13-14H,2,4-7,9-10,12H2,1,3H3;4,10,12-15H,1,5-9,11H2,2-3H3;3-4H2,1-2H3;1-2H3. The Labute approximate surface area is 252 Å². The molecule has 0 radical (unpaired) electrons. The van der Waals surface area contributed by atoms with Crippen molar-refractivity contribution in [3.63, 3.8) is 0 Å². The van der Waals surface area contributed by atoms with E-state index in [1.54, 1.807) is 0 Å². The predicted octanol–water partition coefficient (Wildman–Crippen LogP) is 13.8. The van der Waals surface area contributed by atoms with Crippen molar-refractivity contribution in [3.05, 3.63) is 95.6 Å². The van der Waals surface area contributed by atoms with E-state index in [0.29, 0.717) is 5.92 Å². The van der Waals surface area contributed by atoms with Crippen molar-refractivity contribution in [2.75, 3.05) is 0 Å². The van der Waals surface area contributed by atoms with E-state index in [-0.39, 0.29) is 0 Å². The van der Waals surface area contributed by atoms with E-state index in [1.165, 1.54) is 124 Å². The van der Waals surface area contributed by atoms with Crippen LogP contribution in [0.3, 0.4) is 0 Å². The second kappa shape index (κ2) is 29.9. The van der Waals surface area contributed by atoms with Crippen LogP contribution < -0.4 is 0 Å². The second-order valence-corrected chi connectivity index (χ2v) is 11.2. The van der Waals surface area contributed by atoms with E-state index >= 15 is 0 Å². The van der Waals surface area contributed by atoms with Crippen LogP contribution in [-0.4, -0.2) is 0 Å². The number of hydrogen-bond acceptors (Lipinski definition) is 0. The van der Waals surface area contributed by atoms with Gasteiger partial charge in [0.05, 0.1) is 0 Å². The number of unbranched alkanes of at least 4 members (excludes halogenated alkanes) is 7. The van der Waals surface area contributed by atoms with E-state index in [4.69, 9.17) is 0 Å². The molecule has 0 fully saturated rings. The van der Waals surface area contributed by atoms with E-state index < -0.39 is 0 Å². The Morgan fingerprint density at radius 2 is 1.25 bits per heavy atom. The topological polar surface area (TPSA) is 0 Å². The minimum Gasteiger partial charge on any atom is -0.103 e. The summed E-state index contributed by atoms with van der Waals surface area (Å²) in [6.45, 7) is 25.1. The van der Waals surface area contributed by atoms with Gasteiger partial charge in [-0.2, -0.15) is 0 Å². The van der Waals surface area contributed by atoms with Gasteiger partial charge in [-0.3, -0.25) is 0 Å². The van der Waals surface area contributed by atoms with Crippen LogP contribution in [0.1, 0.15) is 160 Å². The molecule has 2 aromatic carbocycles. The zero-order valence-electron chi connectivity index (χ0n) is 28.3. The van der Waals surface area contributed by atoms with Crippen LogP contribution in [0.15, 0.2) is 73.3 Å². The first-order valence-corrected chi connectivity index (χ1v) is 16.8. The number of allylic oxidation sites excluding steroid dienone is 2.